The van der Waals surface area contributed by atoms with Crippen LogP contribution in [0.3, 0.4) is 0 Å². The van der Waals surface area contributed by atoms with Crippen molar-refractivity contribution in [1.82, 2.24) is 24.9 Å². The highest BCUT2D eigenvalue weighted by Crippen LogP contribution is 2.23. The maximum Gasteiger partial charge on any atom is 0.276 e. The Morgan fingerprint density at radius 3 is 3.00 bits per heavy atom. The molecule has 0 radical (unpaired) electrons. The first-order valence-corrected chi connectivity index (χ1v) is 9.29. The van der Waals surface area contributed by atoms with Crippen LogP contribution in [0.5, 0.6) is 0 Å². The van der Waals surface area contributed by atoms with Crippen LogP contribution in [0.4, 0.5) is 0 Å². The molecule has 3 aromatic rings. The Hall–Kier alpha value is -2.80. The molecule has 1 aliphatic rings. The molecule has 0 unspecified atom stereocenters. The topological polar surface area (TPSA) is 84.1 Å². The number of aromatic nitrogens is 4. The normalized spacial score (nSPS) is 18.6. The third kappa shape index (κ3) is 3.30. The first-order valence-electron chi connectivity index (χ1n) is 9.29. The molecule has 1 aliphatic heterocycles. The van der Waals surface area contributed by atoms with Crippen LogP contribution in [0.2, 0.25) is 0 Å². The summed E-state index contributed by atoms with van der Waals surface area (Å²) >= 11 is 0. The molecular weight excluding hydrogens is 342 g/mol. The van der Waals surface area contributed by atoms with E-state index < -0.39 is 6.10 Å². The number of piperidine rings is 1. The molecule has 7 nitrogen and oxygen atoms in total. The minimum Gasteiger partial charge on any atom is -0.393 e. The second-order valence-electron chi connectivity index (χ2n) is 7.21. The van der Waals surface area contributed by atoms with E-state index in [1.165, 1.54) is 0 Å². The van der Waals surface area contributed by atoms with Crippen LogP contribution in [-0.2, 0) is 0 Å². The summed E-state index contributed by atoms with van der Waals surface area (Å²) in [5.74, 6) is -0.00223. The highest BCUT2D eigenvalue weighted by molar-refractivity contribution is 5.93. The number of fused-ring (bicyclic) bond motifs is 1. The van der Waals surface area contributed by atoms with Crippen molar-refractivity contribution in [2.24, 2.45) is 5.92 Å². The van der Waals surface area contributed by atoms with Gasteiger partial charge < -0.3 is 10.0 Å². The van der Waals surface area contributed by atoms with Crippen molar-refractivity contribution in [3.63, 3.8) is 0 Å². The van der Waals surface area contributed by atoms with Crippen molar-refractivity contribution in [1.29, 1.82) is 0 Å². The average Bonchev–Trinajstić information content (AvgIpc) is 3.08. The van der Waals surface area contributed by atoms with Gasteiger partial charge in [-0.3, -0.25) is 9.78 Å². The number of aliphatic hydroxyl groups is 1. The molecule has 1 saturated heterocycles. The first kappa shape index (κ1) is 17.6. The lowest BCUT2D eigenvalue weighted by molar-refractivity contribution is 0.0461. The largest absolute Gasteiger partial charge is 0.393 e. The quantitative estimate of drug-likeness (QED) is 0.770. The number of hydrogen-bond acceptors (Lipinski definition) is 5. The van der Waals surface area contributed by atoms with Gasteiger partial charge in [-0.05, 0) is 51.0 Å². The van der Waals surface area contributed by atoms with Gasteiger partial charge in [0.15, 0.2) is 5.69 Å². The summed E-state index contributed by atoms with van der Waals surface area (Å²) in [5, 5.41) is 19.2. The standard InChI is InChI=1S/C20H23N5O2/c1-13-19(20(27)24-10-4-6-16(12-24)14(2)26)22-23-25(13)17-7-8-18-15(11-17)5-3-9-21-18/h3,5,7-9,11,14,16,26H,4,6,10,12H2,1-2H3/t14-,16+/m1/s1. The fourth-order valence-corrected chi connectivity index (χ4v) is 3.70. The first-order chi connectivity index (χ1) is 13.0. The lowest BCUT2D eigenvalue weighted by Gasteiger charge is -2.33. The summed E-state index contributed by atoms with van der Waals surface area (Å²) in [5.41, 5.74) is 2.84. The fourth-order valence-electron chi connectivity index (χ4n) is 3.70. The second kappa shape index (κ2) is 7.08. The third-order valence-corrected chi connectivity index (χ3v) is 5.36. The summed E-state index contributed by atoms with van der Waals surface area (Å²) in [4.78, 5) is 19.1. The van der Waals surface area contributed by atoms with Crippen molar-refractivity contribution in [3.8, 4) is 5.69 Å². The van der Waals surface area contributed by atoms with Crippen molar-refractivity contribution in [2.75, 3.05) is 13.1 Å². The number of aliphatic hydroxyl groups excluding tert-OH is 1. The predicted molar refractivity (Wildman–Crippen MR) is 102 cm³/mol. The minimum atomic E-state index is -0.413. The van der Waals surface area contributed by atoms with E-state index in [9.17, 15) is 9.90 Å². The van der Waals surface area contributed by atoms with Gasteiger partial charge in [-0.1, -0.05) is 11.3 Å². The predicted octanol–water partition coefficient (Wildman–Crippen LogP) is 2.36. The van der Waals surface area contributed by atoms with Crippen LogP contribution in [0.15, 0.2) is 36.5 Å². The van der Waals surface area contributed by atoms with E-state index in [4.69, 9.17) is 0 Å². The Balaban J connectivity index is 1.62. The van der Waals surface area contributed by atoms with E-state index >= 15 is 0 Å². The monoisotopic (exact) mass is 365 g/mol. The van der Waals surface area contributed by atoms with Crippen molar-refractivity contribution in [2.45, 2.75) is 32.8 Å². The SMILES string of the molecule is Cc1c(C(=O)N2CCC[C@H]([C@@H](C)O)C2)nnn1-c1ccc2ncccc2c1. The van der Waals surface area contributed by atoms with Gasteiger partial charge in [0.05, 0.1) is 23.0 Å². The van der Waals surface area contributed by atoms with Crippen LogP contribution in [0, 0.1) is 12.8 Å². The van der Waals surface area contributed by atoms with Gasteiger partial charge >= 0.3 is 0 Å². The molecule has 1 amide bonds. The fraction of sp³-hybridized carbons (Fsp3) is 0.400. The highest BCUT2D eigenvalue weighted by Gasteiger charge is 2.29. The second-order valence-corrected chi connectivity index (χ2v) is 7.21. The summed E-state index contributed by atoms with van der Waals surface area (Å²) in [6, 6.07) is 9.74. The van der Waals surface area contributed by atoms with Crippen LogP contribution in [0.25, 0.3) is 16.6 Å². The number of nitrogens with zero attached hydrogens (tertiary/aromatic N) is 5. The van der Waals surface area contributed by atoms with E-state index in [2.05, 4.69) is 15.3 Å². The molecule has 3 heterocycles. The molecule has 0 spiro atoms. The summed E-state index contributed by atoms with van der Waals surface area (Å²) in [7, 11) is 0. The molecule has 0 bridgehead atoms. The van der Waals surface area contributed by atoms with Gasteiger partial charge in [-0.15, -0.1) is 5.10 Å². The van der Waals surface area contributed by atoms with Crippen LogP contribution in [-0.4, -0.2) is 55.1 Å². The minimum absolute atomic E-state index is 0.117. The Morgan fingerprint density at radius 1 is 1.33 bits per heavy atom. The van der Waals surface area contributed by atoms with Crippen molar-refractivity contribution >= 4 is 16.8 Å². The zero-order valence-corrected chi connectivity index (χ0v) is 15.5. The summed E-state index contributed by atoms with van der Waals surface area (Å²) < 4.78 is 1.69. The Kier molecular flexibility index (Phi) is 4.61. The maximum absolute atomic E-state index is 13.0. The smallest absolute Gasteiger partial charge is 0.276 e. The molecule has 0 saturated carbocycles. The molecular formula is C20H23N5O2. The molecule has 27 heavy (non-hydrogen) atoms. The number of rotatable bonds is 3. The van der Waals surface area contributed by atoms with E-state index in [0.717, 1.165) is 29.4 Å². The van der Waals surface area contributed by atoms with Gasteiger partial charge in [0.2, 0.25) is 0 Å². The number of benzene rings is 1. The van der Waals surface area contributed by atoms with Gasteiger partial charge in [0.1, 0.15) is 0 Å². The maximum atomic E-state index is 13.0. The highest BCUT2D eigenvalue weighted by atomic mass is 16.3. The molecule has 1 aromatic carbocycles. The van der Waals surface area contributed by atoms with Crippen molar-refractivity contribution < 1.29 is 9.90 Å². The molecule has 1 fully saturated rings. The average molecular weight is 365 g/mol. The summed E-state index contributed by atoms with van der Waals surface area (Å²) in [6.45, 7) is 4.89. The molecule has 2 aromatic heterocycles. The molecule has 140 valence electrons. The van der Waals surface area contributed by atoms with Gasteiger partial charge in [0.25, 0.3) is 5.91 Å². The van der Waals surface area contributed by atoms with Crippen LogP contribution in [0.1, 0.15) is 35.9 Å². The number of carbonyl (C=O) groups is 1. The van der Waals surface area contributed by atoms with Gasteiger partial charge in [-0.2, -0.15) is 0 Å². The van der Waals surface area contributed by atoms with Crippen molar-refractivity contribution in [3.05, 3.63) is 47.9 Å². The number of pyridine rings is 1. The van der Waals surface area contributed by atoms with E-state index in [1.54, 1.807) is 22.7 Å². The van der Waals surface area contributed by atoms with E-state index in [0.29, 0.717) is 24.5 Å². The van der Waals surface area contributed by atoms with Crippen LogP contribution >= 0.6 is 0 Å². The number of carbonyl (C=O) groups excluding carboxylic acids is 1. The number of amides is 1. The lowest BCUT2D eigenvalue weighted by atomic mass is 9.93. The molecule has 4 rings (SSSR count). The summed E-state index contributed by atoms with van der Waals surface area (Å²) in [6.07, 6.45) is 3.19. The Morgan fingerprint density at radius 2 is 2.19 bits per heavy atom. The molecule has 1 N–H and O–H groups in total. The zero-order valence-electron chi connectivity index (χ0n) is 15.5. The Bertz CT molecular complexity index is 981. The lowest BCUT2D eigenvalue weighted by Crippen LogP contribution is -2.43. The molecule has 0 aliphatic carbocycles. The molecule has 2 atom stereocenters. The van der Waals surface area contributed by atoms with Gasteiger partial charge in [-0.25, -0.2) is 4.68 Å². The Labute approximate surface area is 157 Å². The third-order valence-electron chi connectivity index (χ3n) is 5.36. The number of likely N-dealkylation sites (tertiary alicyclic amines) is 1. The van der Waals surface area contributed by atoms with Gasteiger partial charge in [0, 0.05) is 30.6 Å². The molecule has 7 heteroatoms. The van der Waals surface area contributed by atoms with E-state index in [1.807, 2.05) is 37.3 Å². The van der Waals surface area contributed by atoms with Crippen LogP contribution < -0.4 is 0 Å². The van der Waals surface area contributed by atoms with E-state index in [-0.39, 0.29) is 11.8 Å². The number of hydrogen-bond donors (Lipinski definition) is 1. The zero-order chi connectivity index (χ0) is 19.0.